The van der Waals surface area contributed by atoms with Crippen molar-refractivity contribution >= 4 is 39.8 Å². The Kier molecular flexibility index (Phi) is 7.37. The zero-order chi connectivity index (χ0) is 29.2. The molecule has 2 aromatic carbocycles. The van der Waals surface area contributed by atoms with Crippen LogP contribution in [0.4, 0.5) is 23.0 Å². The van der Waals surface area contributed by atoms with E-state index in [0.29, 0.717) is 47.0 Å². The molecule has 3 aromatic heterocycles. The molecule has 1 aliphatic heterocycles. The smallest absolute Gasteiger partial charge is 0.277 e. The summed E-state index contributed by atoms with van der Waals surface area (Å²) in [4.78, 5) is 41.9. The number of rotatable bonds is 6. The van der Waals surface area contributed by atoms with Crippen molar-refractivity contribution in [3.05, 3.63) is 100 Å². The normalized spacial score (nSPS) is 13.3. The molecule has 10 nitrogen and oxygen atoms in total. The first-order valence-electron chi connectivity index (χ1n) is 13.8. The number of aryl methyl sites for hydroxylation is 2. The summed E-state index contributed by atoms with van der Waals surface area (Å²) in [5.74, 6) is 0.111. The number of nitrogens with one attached hydrogen (secondary N) is 2. The van der Waals surface area contributed by atoms with Crippen LogP contribution >= 0.6 is 0 Å². The maximum Gasteiger partial charge on any atom is 0.277 e. The van der Waals surface area contributed by atoms with Crippen LogP contribution in [-0.2, 0) is 11.8 Å². The highest BCUT2D eigenvalue weighted by molar-refractivity contribution is 6.04. The van der Waals surface area contributed by atoms with Crippen molar-refractivity contribution in [2.75, 3.05) is 41.8 Å². The van der Waals surface area contributed by atoms with Crippen LogP contribution in [0.2, 0.25) is 0 Å². The molecular formula is C32H31N7O3. The minimum atomic E-state index is -0.246. The van der Waals surface area contributed by atoms with E-state index in [-0.39, 0.29) is 11.5 Å². The van der Waals surface area contributed by atoms with E-state index in [9.17, 15) is 9.59 Å². The van der Waals surface area contributed by atoms with Gasteiger partial charge >= 0.3 is 0 Å². The predicted octanol–water partition coefficient (Wildman–Crippen LogP) is 4.84. The molecule has 1 saturated heterocycles. The maximum absolute atomic E-state index is 13.4. The van der Waals surface area contributed by atoms with Crippen LogP contribution in [0, 0.1) is 13.8 Å². The Morgan fingerprint density at radius 2 is 1.67 bits per heavy atom. The Labute approximate surface area is 243 Å². The van der Waals surface area contributed by atoms with Gasteiger partial charge in [-0.2, -0.15) is 0 Å². The van der Waals surface area contributed by atoms with E-state index in [1.807, 2.05) is 74.5 Å². The molecule has 6 rings (SSSR count). The number of ether oxygens (including phenoxy) is 1. The van der Waals surface area contributed by atoms with Crippen LogP contribution in [-0.4, -0.2) is 51.7 Å². The Bertz CT molecular complexity index is 1830. The van der Waals surface area contributed by atoms with Crippen molar-refractivity contribution in [2.45, 2.75) is 13.8 Å². The SMILES string of the molecule is Cc1ccc(Nc2ncc3cc(-c4cc(NC(=O)c5ccc(N6CCOCC6)cc5)ccc4C)n(C)c(=O)c3n2)cn1. The molecule has 0 aliphatic carbocycles. The number of nitrogens with zero attached hydrogens (tertiary/aromatic N) is 5. The van der Waals surface area contributed by atoms with Crippen molar-refractivity contribution in [1.82, 2.24) is 19.5 Å². The molecule has 0 unspecified atom stereocenters. The minimum Gasteiger partial charge on any atom is -0.378 e. The van der Waals surface area contributed by atoms with Gasteiger partial charge in [0.05, 0.1) is 30.8 Å². The first-order valence-corrected chi connectivity index (χ1v) is 13.8. The van der Waals surface area contributed by atoms with Crippen LogP contribution < -0.4 is 21.1 Å². The van der Waals surface area contributed by atoms with Gasteiger partial charge in [0, 0.05) is 59.9 Å². The molecule has 4 heterocycles. The summed E-state index contributed by atoms with van der Waals surface area (Å²) < 4.78 is 7.00. The van der Waals surface area contributed by atoms with E-state index in [4.69, 9.17) is 4.74 Å². The van der Waals surface area contributed by atoms with Crippen LogP contribution in [0.3, 0.4) is 0 Å². The summed E-state index contributed by atoms with van der Waals surface area (Å²) in [6.45, 7) is 6.97. The number of anilines is 4. The monoisotopic (exact) mass is 561 g/mol. The highest BCUT2D eigenvalue weighted by Crippen LogP contribution is 2.28. The summed E-state index contributed by atoms with van der Waals surface area (Å²) >= 11 is 0. The van der Waals surface area contributed by atoms with Crippen LogP contribution in [0.1, 0.15) is 21.6 Å². The Morgan fingerprint density at radius 3 is 2.40 bits per heavy atom. The van der Waals surface area contributed by atoms with Gasteiger partial charge in [0.2, 0.25) is 5.95 Å². The topological polar surface area (TPSA) is 114 Å². The molecule has 0 radical (unpaired) electrons. The van der Waals surface area contributed by atoms with E-state index >= 15 is 0 Å². The molecule has 42 heavy (non-hydrogen) atoms. The third kappa shape index (κ3) is 5.57. The van der Waals surface area contributed by atoms with Crippen LogP contribution in [0.15, 0.2) is 77.9 Å². The molecule has 5 aromatic rings. The number of fused-ring (bicyclic) bond motifs is 1. The lowest BCUT2D eigenvalue weighted by Gasteiger charge is -2.28. The number of hydrogen-bond donors (Lipinski definition) is 2. The van der Waals surface area contributed by atoms with Crippen molar-refractivity contribution in [2.24, 2.45) is 7.05 Å². The minimum absolute atomic E-state index is 0.206. The van der Waals surface area contributed by atoms with Gasteiger partial charge in [0.25, 0.3) is 11.5 Å². The maximum atomic E-state index is 13.4. The molecule has 1 aliphatic rings. The summed E-state index contributed by atoms with van der Waals surface area (Å²) in [5, 5.41) is 6.73. The summed E-state index contributed by atoms with van der Waals surface area (Å²) in [6.07, 6.45) is 3.33. The van der Waals surface area contributed by atoms with Gasteiger partial charge in [0.1, 0.15) is 5.52 Å². The Morgan fingerprint density at radius 1 is 0.905 bits per heavy atom. The third-order valence-electron chi connectivity index (χ3n) is 7.42. The molecule has 0 spiro atoms. The van der Waals surface area contributed by atoms with E-state index in [2.05, 4.69) is 30.5 Å². The van der Waals surface area contributed by atoms with Crippen LogP contribution in [0.25, 0.3) is 22.2 Å². The highest BCUT2D eigenvalue weighted by Gasteiger charge is 2.16. The molecule has 0 atom stereocenters. The van der Waals surface area contributed by atoms with E-state index in [0.717, 1.165) is 41.3 Å². The largest absolute Gasteiger partial charge is 0.378 e. The fraction of sp³-hybridized carbons (Fsp3) is 0.219. The lowest BCUT2D eigenvalue weighted by atomic mass is 10.0. The number of pyridine rings is 2. The number of aromatic nitrogens is 4. The molecule has 0 saturated carbocycles. The number of morpholine rings is 1. The average Bonchev–Trinajstić information content (AvgIpc) is 3.02. The second-order valence-electron chi connectivity index (χ2n) is 10.3. The van der Waals surface area contributed by atoms with E-state index < -0.39 is 0 Å². The van der Waals surface area contributed by atoms with Crippen molar-refractivity contribution in [3.63, 3.8) is 0 Å². The van der Waals surface area contributed by atoms with Gasteiger partial charge in [0.15, 0.2) is 0 Å². The van der Waals surface area contributed by atoms with Gasteiger partial charge in [-0.25, -0.2) is 9.97 Å². The van der Waals surface area contributed by atoms with Gasteiger partial charge in [-0.1, -0.05) is 6.07 Å². The Balaban J connectivity index is 1.25. The standard InChI is InChI=1S/C32H31N7O3/c1-20-4-8-24(35-30(40)22-6-10-26(11-7-22)39-12-14-42-15-13-39)17-27(20)28-16-23-18-34-32(37-29(23)31(41)38(28)3)36-25-9-5-21(2)33-19-25/h4-11,16-19H,12-15H2,1-3H3,(H,35,40)(H,34,36,37). The van der Waals surface area contributed by atoms with E-state index in [1.54, 1.807) is 24.0 Å². The summed E-state index contributed by atoms with van der Waals surface area (Å²) in [5.41, 5.74) is 6.45. The number of carbonyl (C=O) groups is 1. The van der Waals surface area contributed by atoms with Crippen molar-refractivity contribution in [1.29, 1.82) is 0 Å². The number of carbonyl (C=O) groups excluding carboxylic acids is 1. The van der Waals surface area contributed by atoms with Crippen LogP contribution in [0.5, 0.6) is 0 Å². The highest BCUT2D eigenvalue weighted by atomic mass is 16.5. The summed E-state index contributed by atoms with van der Waals surface area (Å²) in [7, 11) is 1.72. The lowest BCUT2D eigenvalue weighted by Crippen LogP contribution is -2.36. The van der Waals surface area contributed by atoms with E-state index in [1.165, 1.54) is 0 Å². The number of benzene rings is 2. The first kappa shape index (κ1) is 27.1. The van der Waals surface area contributed by atoms with Gasteiger partial charge in [-0.3, -0.25) is 14.6 Å². The predicted molar refractivity (Wildman–Crippen MR) is 165 cm³/mol. The molecule has 2 N–H and O–H groups in total. The first-order chi connectivity index (χ1) is 20.4. The zero-order valence-corrected chi connectivity index (χ0v) is 23.7. The fourth-order valence-corrected chi connectivity index (χ4v) is 4.99. The second-order valence-corrected chi connectivity index (χ2v) is 10.3. The van der Waals surface area contributed by atoms with Gasteiger partial charge in [-0.05, 0) is 74.0 Å². The fourth-order valence-electron chi connectivity index (χ4n) is 4.99. The lowest BCUT2D eigenvalue weighted by molar-refractivity contribution is 0.102. The van der Waals surface area contributed by atoms with Gasteiger partial charge < -0.3 is 24.8 Å². The number of amides is 1. The molecule has 10 heteroatoms. The molecule has 212 valence electrons. The Hall–Kier alpha value is -5.09. The quantitative estimate of drug-likeness (QED) is 0.303. The molecule has 0 bridgehead atoms. The van der Waals surface area contributed by atoms with Crippen molar-refractivity contribution < 1.29 is 9.53 Å². The molecular weight excluding hydrogens is 530 g/mol. The zero-order valence-electron chi connectivity index (χ0n) is 23.7. The summed E-state index contributed by atoms with van der Waals surface area (Å²) in [6, 6.07) is 18.9. The third-order valence-corrected chi connectivity index (χ3v) is 7.42. The average molecular weight is 562 g/mol. The van der Waals surface area contributed by atoms with Crippen molar-refractivity contribution in [3.8, 4) is 11.3 Å². The second kappa shape index (κ2) is 11.4. The molecule has 1 fully saturated rings. The van der Waals surface area contributed by atoms with Gasteiger partial charge in [-0.15, -0.1) is 0 Å². The molecule has 1 amide bonds. The number of hydrogen-bond acceptors (Lipinski definition) is 8.